The summed E-state index contributed by atoms with van der Waals surface area (Å²) in [5.74, 6) is 1.96. The maximum atomic E-state index is 5.69. The molecule has 1 saturated heterocycles. The predicted molar refractivity (Wildman–Crippen MR) is 77.5 cm³/mol. The van der Waals surface area contributed by atoms with Crippen molar-refractivity contribution in [2.45, 2.75) is 18.9 Å². The lowest BCUT2D eigenvalue weighted by atomic mass is 10.3. The molecule has 0 aromatic heterocycles. The van der Waals surface area contributed by atoms with E-state index in [-0.39, 0.29) is 0 Å². The Labute approximate surface area is 114 Å². The molecule has 6 heteroatoms. The third kappa shape index (κ3) is 7.08. The van der Waals surface area contributed by atoms with Crippen molar-refractivity contribution in [1.29, 1.82) is 0 Å². The Morgan fingerprint density at radius 2 is 2.28 bits per heavy atom. The summed E-state index contributed by atoms with van der Waals surface area (Å²) in [6.07, 6.45) is 4.43. The molecule has 1 rings (SSSR count). The van der Waals surface area contributed by atoms with Gasteiger partial charge in [0.05, 0.1) is 12.7 Å². The molecule has 0 spiro atoms. The van der Waals surface area contributed by atoms with Gasteiger partial charge in [-0.05, 0) is 19.1 Å². The Morgan fingerprint density at radius 1 is 1.44 bits per heavy atom. The van der Waals surface area contributed by atoms with E-state index < -0.39 is 0 Å². The normalized spacial score (nSPS) is 20.1. The summed E-state index contributed by atoms with van der Waals surface area (Å²) in [6, 6.07) is 0. The third-order valence-corrected chi connectivity index (χ3v) is 3.29. The Hall–Kier alpha value is -0.460. The second-order valence-corrected chi connectivity index (χ2v) is 5.11. The van der Waals surface area contributed by atoms with Crippen LogP contribution in [0.4, 0.5) is 0 Å². The van der Waals surface area contributed by atoms with Crippen LogP contribution in [0.1, 0.15) is 12.8 Å². The molecule has 1 aliphatic heterocycles. The lowest BCUT2D eigenvalue weighted by molar-refractivity contribution is 0.0420. The molecule has 18 heavy (non-hydrogen) atoms. The quantitative estimate of drug-likeness (QED) is 0.388. The Kier molecular flexibility index (Phi) is 9.06. The van der Waals surface area contributed by atoms with Gasteiger partial charge in [-0.25, -0.2) is 0 Å². The monoisotopic (exact) mass is 275 g/mol. The second kappa shape index (κ2) is 10.5. The Balaban J connectivity index is 1.94. The molecule has 2 N–H and O–H groups in total. The first-order chi connectivity index (χ1) is 8.86. The maximum absolute atomic E-state index is 5.69. The van der Waals surface area contributed by atoms with E-state index in [9.17, 15) is 0 Å². The molecule has 1 fully saturated rings. The van der Waals surface area contributed by atoms with Crippen molar-refractivity contribution in [1.82, 2.24) is 10.6 Å². The molecule has 0 amide bonds. The van der Waals surface area contributed by atoms with Gasteiger partial charge < -0.3 is 20.1 Å². The number of aliphatic imine (C=N–C) groups is 1. The fourth-order valence-corrected chi connectivity index (χ4v) is 1.97. The van der Waals surface area contributed by atoms with Crippen LogP contribution >= 0.6 is 11.8 Å². The van der Waals surface area contributed by atoms with Crippen LogP contribution in [0.3, 0.4) is 0 Å². The van der Waals surface area contributed by atoms with Crippen LogP contribution in [0.25, 0.3) is 0 Å². The summed E-state index contributed by atoms with van der Waals surface area (Å²) in [4.78, 5) is 4.16. The van der Waals surface area contributed by atoms with E-state index >= 15 is 0 Å². The number of thioether (sulfide) groups is 1. The summed E-state index contributed by atoms with van der Waals surface area (Å²) in [5, 5.41) is 6.53. The minimum Gasteiger partial charge on any atom is -0.379 e. The first kappa shape index (κ1) is 15.6. The average molecular weight is 275 g/mol. The van der Waals surface area contributed by atoms with Crippen molar-refractivity contribution >= 4 is 17.7 Å². The number of hydrogen-bond donors (Lipinski definition) is 2. The zero-order valence-corrected chi connectivity index (χ0v) is 12.2. The average Bonchev–Trinajstić information content (AvgIpc) is 2.89. The van der Waals surface area contributed by atoms with Gasteiger partial charge in [0.2, 0.25) is 0 Å². The first-order valence-electron chi connectivity index (χ1n) is 6.49. The van der Waals surface area contributed by atoms with Gasteiger partial charge in [0.25, 0.3) is 0 Å². The van der Waals surface area contributed by atoms with Gasteiger partial charge in [-0.2, -0.15) is 11.8 Å². The topological polar surface area (TPSA) is 54.9 Å². The molecule has 5 nitrogen and oxygen atoms in total. The van der Waals surface area contributed by atoms with Gasteiger partial charge in [0, 0.05) is 39.1 Å². The molecule has 0 bridgehead atoms. The molecule has 1 atom stereocenters. The number of rotatable bonds is 8. The maximum Gasteiger partial charge on any atom is 0.191 e. The number of ether oxygens (including phenoxy) is 2. The molecule has 1 heterocycles. The summed E-state index contributed by atoms with van der Waals surface area (Å²) in [7, 11) is 1.79. The van der Waals surface area contributed by atoms with E-state index in [1.54, 1.807) is 7.05 Å². The van der Waals surface area contributed by atoms with Crippen molar-refractivity contribution in [2.24, 2.45) is 4.99 Å². The van der Waals surface area contributed by atoms with Gasteiger partial charge in [0.15, 0.2) is 5.96 Å². The van der Waals surface area contributed by atoms with Crippen LogP contribution in [0, 0.1) is 0 Å². The molecular weight excluding hydrogens is 250 g/mol. The van der Waals surface area contributed by atoms with E-state index in [0.29, 0.717) is 6.10 Å². The lowest BCUT2D eigenvalue weighted by Crippen LogP contribution is -2.39. The summed E-state index contributed by atoms with van der Waals surface area (Å²) < 4.78 is 10.9. The highest BCUT2D eigenvalue weighted by molar-refractivity contribution is 7.98. The largest absolute Gasteiger partial charge is 0.379 e. The Bertz CT molecular complexity index is 233. The Morgan fingerprint density at radius 3 is 2.94 bits per heavy atom. The smallest absolute Gasteiger partial charge is 0.191 e. The van der Waals surface area contributed by atoms with E-state index in [4.69, 9.17) is 9.47 Å². The predicted octanol–water partition coefficient (Wildman–Crippen LogP) is 0.710. The van der Waals surface area contributed by atoms with E-state index in [0.717, 1.165) is 57.5 Å². The van der Waals surface area contributed by atoms with Gasteiger partial charge in [-0.3, -0.25) is 4.99 Å². The molecule has 0 saturated carbocycles. The van der Waals surface area contributed by atoms with Crippen LogP contribution in [0.5, 0.6) is 0 Å². The fourth-order valence-electron chi connectivity index (χ4n) is 1.67. The number of hydrogen-bond acceptors (Lipinski definition) is 4. The fraction of sp³-hybridized carbons (Fsp3) is 0.917. The highest BCUT2D eigenvalue weighted by atomic mass is 32.2. The molecular formula is C12H25N3O2S. The van der Waals surface area contributed by atoms with E-state index in [1.165, 1.54) is 0 Å². The van der Waals surface area contributed by atoms with Crippen molar-refractivity contribution in [2.75, 3.05) is 52.0 Å². The zero-order valence-electron chi connectivity index (χ0n) is 11.4. The number of guanidine groups is 1. The molecule has 0 radical (unpaired) electrons. The standard InChI is InChI=1S/C12H25N3O2S/c1-13-12(15-6-9-18-2)14-5-3-7-17-11-4-8-16-10-11/h11H,3-10H2,1-2H3,(H2,13,14,15). The highest BCUT2D eigenvalue weighted by Gasteiger charge is 2.15. The first-order valence-corrected chi connectivity index (χ1v) is 7.89. The van der Waals surface area contributed by atoms with Crippen molar-refractivity contribution < 1.29 is 9.47 Å². The SMILES string of the molecule is CN=C(NCCCOC1CCOC1)NCCSC. The van der Waals surface area contributed by atoms with Crippen molar-refractivity contribution in [3.8, 4) is 0 Å². The van der Waals surface area contributed by atoms with Crippen molar-refractivity contribution in [3.63, 3.8) is 0 Å². The van der Waals surface area contributed by atoms with Gasteiger partial charge in [0.1, 0.15) is 0 Å². The molecule has 0 aromatic rings. The van der Waals surface area contributed by atoms with Crippen LogP contribution < -0.4 is 10.6 Å². The summed E-state index contributed by atoms with van der Waals surface area (Å²) in [5.41, 5.74) is 0. The lowest BCUT2D eigenvalue weighted by Gasteiger charge is -2.12. The van der Waals surface area contributed by atoms with Crippen molar-refractivity contribution in [3.05, 3.63) is 0 Å². The van der Waals surface area contributed by atoms with Gasteiger partial charge >= 0.3 is 0 Å². The minimum atomic E-state index is 0.309. The molecule has 1 aliphatic rings. The summed E-state index contributed by atoms with van der Waals surface area (Å²) >= 11 is 1.82. The van der Waals surface area contributed by atoms with Gasteiger partial charge in [-0.15, -0.1) is 0 Å². The molecule has 1 unspecified atom stereocenters. The summed E-state index contributed by atoms with van der Waals surface area (Å²) in [6.45, 7) is 4.20. The van der Waals surface area contributed by atoms with Crippen LogP contribution in [-0.2, 0) is 9.47 Å². The van der Waals surface area contributed by atoms with Crippen LogP contribution in [-0.4, -0.2) is 64.0 Å². The third-order valence-electron chi connectivity index (χ3n) is 2.68. The minimum absolute atomic E-state index is 0.309. The highest BCUT2D eigenvalue weighted by Crippen LogP contribution is 2.07. The molecule has 106 valence electrons. The van der Waals surface area contributed by atoms with E-state index in [1.807, 2.05) is 11.8 Å². The zero-order chi connectivity index (χ0) is 13.1. The van der Waals surface area contributed by atoms with Crippen LogP contribution in [0.2, 0.25) is 0 Å². The number of nitrogens with zero attached hydrogens (tertiary/aromatic N) is 1. The molecule has 0 aromatic carbocycles. The molecule has 0 aliphatic carbocycles. The van der Waals surface area contributed by atoms with Crippen LogP contribution in [0.15, 0.2) is 4.99 Å². The second-order valence-electron chi connectivity index (χ2n) is 4.13. The van der Waals surface area contributed by atoms with Gasteiger partial charge in [-0.1, -0.05) is 0 Å². The number of nitrogens with one attached hydrogen (secondary N) is 2. The van der Waals surface area contributed by atoms with E-state index in [2.05, 4.69) is 21.9 Å².